The van der Waals surface area contributed by atoms with Gasteiger partial charge in [0.05, 0.1) is 12.3 Å². The van der Waals surface area contributed by atoms with Crippen molar-refractivity contribution < 1.29 is 19.4 Å². The maximum atomic E-state index is 12.7. The molecule has 0 saturated heterocycles. The number of aliphatic hydroxyl groups excluding tert-OH is 1. The van der Waals surface area contributed by atoms with E-state index < -0.39 is 24.0 Å². The molecule has 0 fully saturated rings. The van der Waals surface area contributed by atoms with Crippen LogP contribution in [-0.4, -0.2) is 46.8 Å². The molecule has 1 aromatic rings. The third kappa shape index (κ3) is 5.29. The fourth-order valence-corrected chi connectivity index (χ4v) is 2.43. The van der Waals surface area contributed by atoms with Gasteiger partial charge in [-0.25, -0.2) is 0 Å². The Morgan fingerprint density at radius 1 is 1.34 bits per heavy atom. The summed E-state index contributed by atoms with van der Waals surface area (Å²) in [6, 6.07) is 3.78. The summed E-state index contributed by atoms with van der Waals surface area (Å²) in [7, 11) is 1.51. The zero-order valence-electron chi connectivity index (χ0n) is 16.6. The van der Waals surface area contributed by atoms with Gasteiger partial charge in [0.15, 0.2) is 0 Å². The van der Waals surface area contributed by atoms with Crippen LogP contribution in [0.3, 0.4) is 0 Å². The predicted octanol–water partition coefficient (Wildman–Crippen LogP) is 0.206. The molecule has 1 heterocycles. The first-order valence-corrected chi connectivity index (χ1v) is 8.88. The normalized spacial score (nSPS) is 17.1. The second-order valence-corrected chi connectivity index (χ2v) is 6.74. The van der Waals surface area contributed by atoms with Gasteiger partial charge in [0.2, 0.25) is 5.91 Å². The van der Waals surface area contributed by atoms with Gasteiger partial charge in [-0.2, -0.15) is 0 Å². The highest BCUT2D eigenvalue weighted by Gasteiger charge is 2.33. The van der Waals surface area contributed by atoms with Crippen LogP contribution in [0.15, 0.2) is 53.6 Å². The van der Waals surface area contributed by atoms with Crippen LogP contribution >= 0.6 is 0 Å². The van der Waals surface area contributed by atoms with Gasteiger partial charge in [-0.1, -0.05) is 6.07 Å². The third-order valence-corrected chi connectivity index (χ3v) is 4.37. The Morgan fingerprint density at radius 2 is 2.07 bits per heavy atom. The van der Waals surface area contributed by atoms with Gasteiger partial charge in [0, 0.05) is 30.1 Å². The number of primary amides is 1. The molecule has 29 heavy (non-hydrogen) atoms. The Morgan fingerprint density at radius 3 is 2.62 bits per heavy atom. The van der Waals surface area contributed by atoms with E-state index in [4.69, 9.17) is 15.9 Å². The van der Waals surface area contributed by atoms with Crippen LogP contribution in [0.5, 0.6) is 0 Å². The Labute approximate surface area is 168 Å². The Bertz CT molecular complexity index is 902. The van der Waals surface area contributed by atoms with Crippen LogP contribution in [0.1, 0.15) is 18.2 Å². The first-order valence-electron chi connectivity index (χ1n) is 8.88. The van der Waals surface area contributed by atoms with Crippen LogP contribution in [0.4, 0.5) is 0 Å². The fraction of sp³-hybridized carbons (Fsp3) is 0.300. The van der Waals surface area contributed by atoms with E-state index in [2.05, 4.69) is 15.6 Å². The molecule has 1 aromatic heterocycles. The standard InChI is InChI=1S/C20H25N5O4/c1-12-4-5-13(9-24-12)10-29-14-6-7-16(21)15(8-14)17(23-3)18(27)25-20(2,11-26)19(22)28/h4-9,21,23,26H,10-11H2,1-3H3,(H2,22,28)(H,25,27)/b17-15-,21-16?. The summed E-state index contributed by atoms with van der Waals surface area (Å²) in [4.78, 5) is 28.4. The van der Waals surface area contributed by atoms with Crippen molar-refractivity contribution in [1.29, 1.82) is 5.41 Å². The van der Waals surface area contributed by atoms with Crippen molar-refractivity contribution in [2.75, 3.05) is 13.7 Å². The van der Waals surface area contributed by atoms with Gasteiger partial charge in [-0.15, -0.1) is 0 Å². The summed E-state index contributed by atoms with van der Waals surface area (Å²) in [6.07, 6.45) is 6.39. The number of carbonyl (C=O) groups is 2. The second-order valence-electron chi connectivity index (χ2n) is 6.74. The number of nitrogens with two attached hydrogens (primary N) is 1. The lowest BCUT2D eigenvalue weighted by molar-refractivity contribution is -0.131. The van der Waals surface area contributed by atoms with Crippen molar-refractivity contribution in [2.45, 2.75) is 26.0 Å². The van der Waals surface area contributed by atoms with E-state index in [1.54, 1.807) is 18.3 Å². The summed E-state index contributed by atoms with van der Waals surface area (Å²) in [6.45, 7) is 2.82. The van der Waals surface area contributed by atoms with Crippen LogP contribution in [0, 0.1) is 12.3 Å². The van der Waals surface area contributed by atoms with Crippen molar-refractivity contribution in [3.63, 3.8) is 0 Å². The fourth-order valence-electron chi connectivity index (χ4n) is 2.43. The zero-order chi connectivity index (χ0) is 21.6. The quantitative estimate of drug-likeness (QED) is 0.394. The molecule has 2 rings (SSSR count). The minimum atomic E-state index is -1.63. The second kappa shape index (κ2) is 9.16. The Kier molecular flexibility index (Phi) is 6.89. The topological polar surface area (TPSA) is 150 Å². The number of amides is 2. The third-order valence-electron chi connectivity index (χ3n) is 4.37. The molecule has 2 amide bonds. The number of rotatable bonds is 8. The molecule has 0 spiro atoms. The van der Waals surface area contributed by atoms with Crippen molar-refractivity contribution in [3.8, 4) is 0 Å². The molecule has 0 radical (unpaired) electrons. The molecule has 1 unspecified atom stereocenters. The lowest BCUT2D eigenvalue weighted by Gasteiger charge is -2.26. The van der Waals surface area contributed by atoms with Crippen LogP contribution < -0.4 is 16.4 Å². The van der Waals surface area contributed by atoms with Gasteiger partial charge in [-0.3, -0.25) is 14.6 Å². The van der Waals surface area contributed by atoms with E-state index in [1.165, 1.54) is 20.0 Å². The molecule has 154 valence electrons. The van der Waals surface area contributed by atoms with Gasteiger partial charge >= 0.3 is 0 Å². The highest BCUT2D eigenvalue weighted by atomic mass is 16.5. The molecule has 1 aliphatic carbocycles. The number of ether oxygens (including phenoxy) is 1. The van der Waals surface area contributed by atoms with Crippen molar-refractivity contribution >= 4 is 17.5 Å². The number of hydrogen-bond acceptors (Lipinski definition) is 7. The first-order chi connectivity index (χ1) is 13.7. The first kappa shape index (κ1) is 21.8. The van der Waals surface area contributed by atoms with Gasteiger partial charge in [-0.05, 0) is 38.1 Å². The van der Waals surface area contributed by atoms with E-state index >= 15 is 0 Å². The smallest absolute Gasteiger partial charge is 0.268 e. The molecule has 0 aromatic carbocycles. The maximum absolute atomic E-state index is 12.7. The molecular weight excluding hydrogens is 374 g/mol. The van der Waals surface area contributed by atoms with E-state index in [9.17, 15) is 14.7 Å². The number of hydrogen-bond donors (Lipinski definition) is 5. The van der Waals surface area contributed by atoms with E-state index in [0.717, 1.165) is 11.3 Å². The average molecular weight is 399 g/mol. The molecule has 6 N–H and O–H groups in total. The van der Waals surface area contributed by atoms with Crippen LogP contribution in [0.2, 0.25) is 0 Å². The molecule has 1 atom stereocenters. The van der Waals surface area contributed by atoms with Gasteiger partial charge in [0.25, 0.3) is 5.91 Å². The number of carbonyl (C=O) groups excluding carboxylic acids is 2. The van der Waals surface area contributed by atoms with Gasteiger partial charge < -0.3 is 31.6 Å². The monoisotopic (exact) mass is 399 g/mol. The number of nitrogens with one attached hydrogen (secondary N) is 3. The minimum Gasteiger partial charge on any atom is -0.489 e. The van der Waals surface area contributed by atoms with Gasteiger partial charge in [0.1, 0.15) is 23.6 Å². The molecule has 1 aliphatic rings. The maximum Gasteiger partial charge on any atom is 0.268 e. The van der Waals surface area contributed by atoms with Crippen LogP contribution in [-0.2, 0) is 20.9 Å². The summed E-state index contributed by atoms with van der Waals surface area (Å²) in [5.41, 5.74) is 5.81. The highest BCUT2D eigenvalue weighted by molar-refractivity contribution is 6.15. The van der Waals surface area contributed by atoms with Crippen molar-refractivity contribution in [3.05, 3.63) is 64.8 Å². The number of allylic oxidation sites excluding steroid dienone is 4. The summed E-state index contributed by atoms with van der Waals surface area (Å²) in [5.74, 6) is -1.10. The number of aromatic nitrogens is 1. The average Bonchev–Trinajstić information content (AvgIpc) is 2.69. The lowest BCUT2D eigenvalue weighted by atomic mass is 9.99. The predicted molar refractivity (Wildman–Crippen MR) is 108 cm³/mol. The number of likely N-dealkylation sites (N-methyl/N-ethyl adjacent to an activating group) is 1. The number of aliphatic hydroxyl groups is 1. The van der Waals surface area contributed by atoms with E-state index in [1.807, 2.05) is 19.1 Å². The summed E-state index contributed by atoms with van der Waals surface area (Å²) < 4.78 is 5.75. The molecule has 9 nitrogen and oxygen atoms in total. The van der Waals surface area contributed by atoms with Crippen molar-refractivity contribution in [2.24, 2.45) is 5.73 Å². The van der Waals surface area contributed by atoms with E-state index in [0.29, 0.717) is 5.76 Å². The summed E-state index contributed by atoms with van der Waals surface area (Å²) >= 11 is 0. The number of aryl methyl sites for hydroxylation is 1. The Hall–Kier alpha value is -3.46. The molecular formula is C20H25N5O4. The summed E-state index contributed by atoms with van der Waals surface area (Å²) in [5, 5.41) is 22.7. The molecule has 0 bridgehead atoms. The Balaban J connectivity index is 2.25. The number of pyridine rings is 1. The molecule has 0 saturated carbocycles. The lowest BCUT2D eigenvalue weighted by Crippen LogP contribution is -2.58. The van der Waals surface area contributed by atoms with Crippen molar-refractivity contribution in [1.82, 2.24) is 15.6 Å². The number of nitrogens with zero attached hydrogens (tertiary/aromatic N) is 1. The SMILES string of the molecule is CN/C(C(=O)NC(C)(CO)C(N)=O)=C1/C=C(OCc2ccc(C)nc2)C=CC1=N. The minimum absolute atomic E-state index is 0.0402. The largest absolute Gasteiger partial charge is 0.489 e. The molecule has 9 heteroatoms. The molecule has 0 aliphatic heterocycles. The zero-order valence-corrected chi connectivity index (χ0v) is 16.6. The van der Waals surface area contributed by atoms with Crippen LogP contribution in [0.25, 0.3) is 0 Å². The van der Waals surface area contributed by atoms with E-state index in [-0.39, 0.29) is 23.6 Å². The highest BCUT2D eigenvalue weighted by Crippen LogP contribution is 2.19.